The van der Waals surface area contributed by atoms with Crippen LogP contribution in [0.2, 0.25) is 0 Å². The third-order valence-corrected chi connectivity index (χ3v) is 3.83. The summed E-state index contributed by atoms with van der Waals surface area (Å²) in [7, 11) is 0. The summed E-state index contributed by atoms with van der Waals surface area (Å²) >= 11 is 0. The van der Waals surface area contributed by atoms with Crippen LogP contribution in [0.5, 0.6) is 0 Å². The zero-order chi connectivity index (χ0) is 11.0. The molecule has 2 heterocycles. The third-order valence-electron chi connectivity index (χ3n) is 3.83. The molecule has 1 saturated carbocycles. The first kappa shape index (κ1) is 10.3. The smallest absolute Gasteiger partial charge is 0.156 e. The summed E-state index contributed by atoms with van der Waals surface area (Å²) in [6.45, 7) is 0.923. The first-order chi connectivity index (χ1) is 7.84. The van der Waals surface area contributed by atoms with E-state index in [1.807, 2.05) is 4.68 Å². The molecule has 1 aromatic heterocycles. The van der Waals surface area contributed by atoms with E-state index < -0.39 is 6.10 Å². The molecule has 1 unspecified atom stereocenters. The van der Waals surface area contributed by atoms with Crippen LogP contribution in [0.1, 0.15) is 68.6 Å². The number of hydrogen-bond donors (Lipinski definition) is 1. The van der Waals surface area contributed by atoms with E-state index in [9.17, 15) is 5.11 Å². The number of fused-ring (bicyclic) bond motifs is 1. The minimum Gasteiger partial charge on any atom is -0.385 e. The molecule has 0 saturated heterocycles. The number of aliphatic hydroxyl groups excluding tert-OH is 1. The largest absolute Gasteiger partial charge is 0.385 e. The Kier molecular flexibility index (Phi) is 2.67. The van der Waals surface area contributed by atoms with Gasteiger partial charge in [0.1, 0.15) is 6.10 Å². The molecule has 1 N–H and O–H groups in total. The fourth-order valence-corrected chi connectivity index (χ4v) is 2.88. The van der Waals surface area contributed by atoms with Crippen LogP contribution in [-0.2, 0) is 6.54 Å². The lowest BCUT2D eigenvalue weighted by atomic mass is 9.89. The Bertz CT molecular complexity index is 368. The molecule has 0 aromatic carbocycles. The summed E-state index contributed by atoms with van der Waals surface area (Å²) in [6.07, 6.45) is 7.86. The van der Waals surface area contributed by atoms with Crippen molar-refractivity contribution in [2.45, 2.75) is 63.5 Å². The van der Waals surface area contributed by atoms with E-state index >= 15 is 0 Å². The fourth-order valence-electron chi connectivity index (χ4n) is 2.88. The highest BCUT2D eigenvalue weighted by Crippen LogP contribution is 2.32. The second kappa shape index (κ2) is 4.17. The fraction of sp³-hybridized carbons (Fsp3) is 0.833. The van der Waals surface area contributed by atoms with Gasteiger partial charge in [-0.05, 0) is 25.7 Å². The molecular formula is C12H19N3O. The van der Waals surface area contributed by atoms with Crippen LogP contribution in [0.3, 0.4) is 0 Å². The number of nitrogens with zero attached hydrogens (tertiary/aromatic N) is 3. The summed E-state index contributed by atoms with van der Waals surface area (Å²) in [5.41, 5.74) is 0. The van der Waals surface area contributed by atoms with Crippen molar-refractivity contribution in [3.8, 4) is 0 Å². The molecule has 1 aliphatic carbocycles. The summed E-state index contributed by atoms with van der Waals surface area (Å²) in [6, 6.07) is 0. The Balaban J connectivity index is 1.85. The van der Waals surface area contributed by atoms with Crippen molar-refractivity contribution in [3.63, 3.8) is 0 Å². The molecular weight excluding hydrogens is 202 g/mol. The van der Waals surface area contributed by atoms with Crippen LogP contribution in [0.15, 0.2) is 0 Å². The predicted octanol–water partition coefficient (Wildman–Crippen LogP) is 2.15. The van der Waals surface area contributed by atoms with Crippen LogP contribution >= 0.6 is 0 Å². The second-order valence-corrected chi connectivity index (χ2v) is 5.04. The minimum absolute atomic E-state index is 0.390. The maximum Gasteiger partial charge on any atom is 0.156 e. The van der Waals surface area contributed by atoms with Crippen molar-refractivity contribution in [2.75, 3.05) is 0 Å². The lowest BCUT2D eigenvalue weighted by molar-refractivity contribution is 0.130. The van der Waals surface area contributed by atoms with E-state index in [-0.39, 0.29) is 0 Å². The summed E-state index contributed by atoms with van der Waals surface area (Å²) in [5.74, 6) is 2.32. The van der Waals surface area contributed by atoms with Crippen LogP contribution in [0.4, 0.5) is 0 Å². The molecule has 1 aromatic rings. The number of hydrogen-bond acceptors (Lipinski definition) is 3. The highest BCUT2D eigenvalue weighted by atomic mass is 16.3. The van der Waals surface area contributed by atoms with Gasteiger partial charge in [-0.25, -0.2) is 9.67 Å². The lowest BCUT2D eigenvalue weighted by Crippen LogP contribution is -2.16. The minimum atomic E-state index is -0.390. The summed E-state index contributed by atoms with van der Waals surface area (Å²) in [5, 5.41) is 14.4. The predicted molar refractivity (Wildman–Crippen MR) is 60.0 cm³/mol. The quantitative estimate of drug-likeness (QED) is 0.790. The standard InChI is InChI=1S/C12H19N3O/c16-10-7-4-8-15-12(10)13-11(14-15)9-5-2-1-3-6-9/h9-10,16H,1-8H2. The van der Waals surface area contributed by atoms with Gasteiger partial charge in [0.25, 0.3) is 0 Å². The van der Waals surface area contributed by atoms with E-state index in [0.29, 0.717) is 5.92 Å². The molecule has 3 rings (SSSR count). The molecule has 1 aliphatic heterocycles. The van der Waals surface area contributed by atoms with Crippen molar-refractivity contribution < 1.29 is 5.11 Å². The number of aromatic nitrogens is 3. The molecule has 4 nitrogen and oxygen atoms in total. The van der Waals surface area contributed by atoms with E-state index in [0.717, 1.165) is 31.0 Å². The van der Waals surface area contributed by atoms with Gasteiger partial charge in [0.2, 0.25) is 0 Å². The number of aliphatic hydroxyl groups is 1. The molecule has 4 heteroatoms. The van der Waals surface area contributed by atoms with Crippen LogP contribution in [0.25, 0.3) is 0 Å². The summed E-state index contributed by atoms with van der Waals surface area (Å²) < 4.78 is 1.91. The Hall–Kier alpha value is -0.900. The lowest BCUT2D eigenvalue weighted by Gasteiger charge is -2.18. The Morgan fingerprint density at radius 1 is 1.06 bits per heavy atom. The Morgan fingerprint density at radius 3 is 2.62 bits per heavy atom. The molecule has 0 amide bonds. The Morgan fingerprint density at radius 2 is 1.88 bits per heavy atom. The normalized spacial score (nSPS) is 26.7. The molecule has 0 radical (unpaired) electrons. The molecule has 0 bridgehead atoms. The van der Waals surface area contributed by atoms with E-state index in [2.05, 4.69) is 10.1 Å². The summed E-state index contributed by atoms with van der Waals surface area (Å²) in [4.78, 5) is 4.56. The molecule has 0 spiro atoms. The topological polar surface area (TPSA) is 50.9 Å². The van der Waals surface area contributed by atoms with Crippen LogP contribution in [-0.4, -0.2) is 19.9 Å². The maximum absolute atomic E-state index is 9.85. The molecule has 88 valence electrons. The van der Waals surface area contributed by atoms with Gasteiger partial charge in [-0.3, -0.25) is 0 Å². The number of aryl methyl sites for hydroxylation is 1. The zero-order valence-electron chi connectivity index (χ0n) is 9.60. The van der Waals surface area contributed by atoms with Gasteiger partial charge in [0, 0.05) is 12.5 Å². The monoisotopic (exact) mass is 221 g/mol. The molecule has 16 heavy (non-hydrogen) atoms. The van der Waals surface area contributed by atoms with Gasteiger partial charge in [0.05, 0.1) is 0 Å². The highest BCUT2D eigenvalue weighted by Gasteiger charge is 2.26. The molecule has 1 fully saturated rings. The van der Waals surface area contributed by atoms with Crippen molar-refractivity contribution >= 4 is 0 Å². The average molecular weight is 221 g/mol. The van der Waals surface area contributed by atoms with Gasteiger partial charge in [-0.15, -0.1) is 0 Å². The SMILES string of the molecule is OC1CCCn2nc(C3CCCCC3)nc21. The first-order valence-corrected chi connectivity index (χ1v) is 6.47. The Labute approximate surface area is 95.7 Å². The molecule has 1 atom stereocenters. The van der Waals surface area contributed by atoms with Crippen LogP contribution in [0, 0.1) is 0 Å². The zero-order valence-corrected chi connectivity index (χ0v) is 9.60. The van der Waals surface area contributed by atoms with Gasteiger partial charge >= 0.3 is 0 Å². The van der Waals surface area contributed by atoms with Gasteiger partial charge in [0.15, 0.2) is 11.6 Å². The average Bonchev–Trinajstić information content (AvgIpc) is 2.76. The van der Waals surface area contributed by atoms with E-state index in [4.69, 9.17) is 0 Å². The second-order valence-electron chi connectivity index (χ2n) is 5.04. The van der Waals surface area contributed by atoms with E-state index in [1.165, 1.54) is 32.1 Å². The van der Waals surface area contributed by atoms with Gasteiger partial charge in [-0.2, -0.15) is 5.10 Å². The van der Waals surface area contributed by atoms with Gasteiger partial charge in [-0.1, -0.05) is 19.3 Å². The number of rotatable bonds is 1. The van der Waals surface area contributed by atoms with Crippen molar-refractivity contribution in [3.05, 3.63) is 11.6 Å². The van der Waals surface area contributed by atoms with Gasteiger partial charge < -0.3 is 5.11 Å². The first-order valence-electron chi connectivity index (χ1n) is 6.47. The third kappa shape index (κ3) is 1.75. The molecule has 2 aliphatic rings. The van der Waals surface area contributed by atoms with Crippen molar-refractivity contribution in [1.29, 1.82) is 0 Å². The highest BCUT2D eigenvalue weighted by molar-refractivity contribution is 5.04. The van der Waals surface area contributed by atoms with Crippen LogP contribution < -0.4 is 0 Å². The maximum atomic E-state index is 9.85. The van der Waals surface area contributed by atoms with Crippen molar-refractivity contribution in [2.24, 2.45) is 0 Å². The van der Waals surface area contributed by atoms with E-state index in [1.54, 1.807) is 0 Å². The van der Waals surface area contributed by atoms with Crippen molar-refractivity contribution in [1.82, 2.24) is 14.8 Å².